The number of likely N-dealkylation sites (N-methyl/N-ethyl adjacent to an activating group) is 1. The van der Waals surface area contributed by atoms with Crippen molar-refractivity contribution in [2.24, 2.45) is 5.92 Å². The van der Waals surface area contributed by atoms with Crippen LogP contribution in [0.2, 0.25) is 5.02 Å². The van der Waals surface area contributed by atoms with E-state index in [1.165, 1.54) is 19.2 Å². The predicted molar refractivity (Wildman–Crippen MR) is 82.9 cm³/mol. The Morgan fingerprint density at radius 3 is 2.50 bits per heavy atom. The smallest absolute Gasteiger partial charge is 0.283 e. The van der Waals surface area contributed by atoms with Gasteiger partial charge in [-0.1, -0.05) is 25.4 Å². The molecule has 7 nitrogen and oxygen atoms in total. The van der Waals surface area contributed by atoms with E-state index in [0.29, 0.717) is 6.42 Å². The van der Waals surface area contributed by atoms with Crippen LogP contribution in [0.1, 0.15) is 30.6 Å². The molecule has 0 radical (unpaired) electrons. The third kappa shape index (κ3) is 4.70. The molecule has 1 unspecified atom stereocenters. The van der Waals surface area contributed by atoms with Crippen LogP contribution in [-0.4, -0.2) is 29.8 Å². The average Bonchev–Trinajstić information content (AvgIpc) is 2.44. The van der Waals surface area contributed by atoms with E-state index in [1.54, 1.807) is 0 Å². The normalized spacial score (nSPS) is 11.9. The molecule has 1 aromatic rings. The summed E-state index contributed by atoms with van der Waals surface area (Å²) in [4.78, 5) is 34.4. The number of rotatable bonds is 6. The number of nitro benzene ring substituents is 1. The van der Waals surface area contributed by atoms with Gasteiger partial charge < -0.3 is 10.6 Å². The van der Waals surface area contributed by atoms with Crippen molar-refractivity contribution in [3.05, 3.63) is 38.9 Å². The van der Waals surface area contributed by atoms with Gasteiger partial charge in [-0.25, -0.2) is 0 Å². The second-order valence-electron chi connectivity index (χ2n) is 5.19. The molecule has 0 saturated carbocycles. The zero-order chi connectivity index (χ0) is 16.9. The van der Waals surface area contributed by atoms with Crippen LogP contribution < -0.4 is 10.6 Å². The van der Waals surface area contributed by atoms with E-state index in [-0.39, 0.29) is 22.4 Å². The molecule has 0 aliphatic rings. The Balaban J connectivity index is 3.04. The Kier molecular flexibility index (Phi) is 6.30. The van der Waals surface area contributed by atoms with Crippen molar-refractivity contribution in [3.63, 3.8) is 0 Å². The fraction of sp³-hybridized carbons (Fsp3) is 0.429. The van der Waals surface area contributed by atoms with Crippen LogP contribution in [0.25, 0.3) is 0 Å². The lowest BCUT2D eigenvalue weighted by Gasteiger charge is -2.19. The molecule has 0 aliphatic heterocycles. The van der Waals surface area contributed by atoms with E-state index in [4.69, 9.17) is 11.6 Å². The van der Waals surface area contributed by atoms with E-state index >= 15 is 0 Å². The highest BCUT2D eigenvalue weighted by Crippen LogP contribution is 2.23. The van der Waals surface area contributed by atoms with Gasteiger partial charge in [-0.15, -0.1) is 0 Å². The highest BCUT2D eigenvalue weighted by molar-refractivity contribution is 6.31. The molecular formula is C14H18ClN3O4. The highest BCUT2D eigenvalue weighted by atomic mass is 35.5. The van der Waals surface area contributed by atoms with Crippen LogP contribution in [0, 0.1) is 16.0 Å². The maximum Gasteiger partial charge on any atom is 0.283 e. The average molecular weight is 328 g/mol. The first-order chi connectivity index (χ1) is 10.3. The van der Waals surface area contributed by atoms with Gasteiger partial charge in [0.2, 0.25) is 5.91 Å². The summed E-state index contributed by atoms with van der Waals surface area (Å²) in [7, 11) is 1.46. The Morgan fingerprint density at radius 2 is 2.00 bits per heavy atom. The van der Waals surface area contributed by atoms with Gasteiger partial charge in [0.25, 0.3) is 11.6 Å². The topological polar surface area (TPSA) is 101 Å². The molecule has 1 rings (SSSR count). The number of benzene rings is 1. The quantitative estimate of drug-likeness (QED) is 0.617. The van der Waals surface area contributed by atoms with Crippen molar-refractivity contribution in [2.75, 3.05) is 7.05 Å². The number of carbonyl (C=O) groups excluding carboxylic acids is 2. The Labute approximate surface area is 133 Å². The van der Waals surface area contributed by atoms with Gasteiger partial charge in [0.05, 0.1) is 4.92 Å². The van der Waals surface area contributed by atoms with E-state index in [0.717, 1.165) is 6.07 Å². The van der Waals surface area contributed by atoms with Gasteiger partial charge in [0, 0.05) is 18.1 Å². The van der Waals surface area contributed by atoms with Gasteiger partial charge in [-0.05, 0) is 24.5 Å². The monoisotopic (exact) mass is 327 g/mol. The first-order valence-corrected chi connectivity index (χ1v) is 7.10. The molecule has 1 aromatic carbocycles. The molecule has 1 atom stereocenters. The number of amides is 2. The van der Waals surface area contributed by atoms with Crippen LogP contribution in [0.4, 0.5) is 5.69 Å². The van der Waals surface area contributed by atoms with Crippen molar-refractivity contribution in [1.29, 1.82) is 0 Å². The van der Waals surface area contributed by atoms with E-state index in [1.807, 2.05) is 13.8 Å². The SMILES string of the molecule is CNC(=O)C(CC(C)C)NC(=O)c1ccc(Cl)cc1[N+](=O)[O-]. The van der Waals surface area contributed by atoms with Gasteiger partial charge >= 0.3 is 0 Å². The molecule has 2 N–H and O–H groups in total. The van der Waals surface area contributed by atoms with Crippen LogP contribution >= 0.6 is 11.6 Å². The van der Waals surface area contributed by atoms with Crippen LogP contribution in [0.15, 0.2) is 18.2 Å². The fourth-order valence-electron chi connectivity index (χ4n) is 1.96. The minimum absolute atomic E-state index is 0.132. The number of carbonyl (C=O) groups is 2. The molecule has 8 heteroatoms. The minimum atomic E-state index is -0.757. The molecule has 0 saturated heterocycles. The summed E-state index contributed by atoms with van der Waals surface area (Å²) in [6, 6.07) is 3.01. The maximum absolute atomic E-state index is 12.3. The second-order valence-corrected chi connectivity index (χ2v) is 5.62. The summed E-state index contributed by atoms with van der Waals surface area (Å²) in [5, 5.41) is 16.2. The molecular weight excluding hydrogens is 310 g/mol. The summed E-state index contributed by atoms with van der Waals surface area (Å²) in [6.07, 6.45) is 0.423. The molecule has 0 fully saturated rings. The van der Waals surface area contributed by atoms with E-state index < -0.39 is 22.6 Å². The molecule has 0 aliphatic carbocycles. The number of halogens is 1. The lowest BCUT2D eigenvalue weighted by molar-refractivity contribution is -0.385. The van der Waals surface area contributed by atoms with Crippen molar-refractivity contribution in [2.45, 2.75) is 26.3 Å². The third-order valence-corrected chi connectivity index (χ3v) is 3.21. The third-order valence-electron chi connectivity index (χ3n) is 2.98. The van der Waals surface area contributed by atoms with Crippen molar-refractivity contribution in [1.82, 2.24) is 10.6 Å². The number of nitrogens with zero attached hydrogens (tertiary/aromatic N) is 1. The van der Waals surface area contributed by atoms with Crippen molar-refractivity contribution >= 4 is 29.1 Å². The van der Waals surface area contributed by atoms with Gasteiger partial charge in [-0.3, -0.25) is 19.7 Å². The standard InChI is InChI=1S/C14H18ClN3O4/c1-8(2)6-11(14(20)16-3)17-13(19)10-5-4-9(15)7-12(10)18(21)22/h4-5,7-8,11H,6H2,1-3H3,(H,16,20)(H,17,19). The molecule has 120 valence electrons. The van der Waals surface area contributed by atoms with Crippen molar-refractivity contribution < 1.29 is 14.5 Å². The van der Waals surface area contributed by atoms with Crippen LogP contribution in [-0.2, 0) is 4.79 Å². The highest BCUT2D eigenvalue weighted by Gasteiger charge is 2.26. The first kappa shape index (κ1) is 17.9. The zero-order valence-corrected chi connectivity index (χ0v) is 13.3. The number of hydrogen-bond donors (Lipinski definition) is 2. The second kappa shape index (κ2) is 7.74. The lowest BCUT2D eigenvalue weighted by atomic mass is 10.0. The largest absolute Gasteiger partial charge is 0.357 e. The van der Waals surface area contributed by atoms with Crippen LogP contribution in [0.3, 0.4) is 0 Å². The predicted octanol–water partition coefficient (Wildman–Crippen LogP) is 2.14. The molecule has 22 heavy (non-hydrogen) atoms. The summed E-state index contributed by atoms with van der Waals surface area (Å²) in [5.41, 5.74) is -0.530. The zero-order valence-electron chi connectivity index (χ0n) is 12.6. The number of nitrogens with one attached hydrogen (secondary N) is 2. The molecule has 0 spiro atoms. The lowest BCUT2D eigenvalue weighted by Crippen LogP contribution is -2.46. The van der Waals surface area contributed by atoms with E-state index in [2.05, 4.69) is 10.6 Å². The summed E-state index contributed by atoms with van der Waals surface area (Å²) >= 11 is 5.71. The van der Waals surface area contributed by atoms with Crippen molar-refractivity contribution in [3.8, 4) is 0 Å². The Bertz CT molecular complexity index is 589. The summed E-state index contributed by atoms with van der Waals surface area (Å²) in [5.74, 6) is -0.862. The molecule has 0 bridgehead atoms. The van der Waals surface area contributed by atoms with Gasteiger partial charge in [0.1, 0.15) is 11.6 Å². The summed E-state index contributed by atoms with van der Waals surface area (Å²) < 4.78 is 0. The first-order valence-electron chi connectivity index (χ1n) is 6.72. The summed E-state index contributed by atoms with van der Waals surface area (Å²) in [6.45, 7) is 3.82. The maximum atomic E-state index is 12.3. The number of nitro groups is 1. The Hall–Kier alpha value is -2.15. The molecule has 0 heterocycles. The molecule has 0 aromatic heterocycles. The Morgan fingerprint density at radius 1 is 1.36 bits per heavy atom. The van der Waals surface area contributed by atoms with Gasteiger partial charge in [0.15, 0.2) is 0 Å². The minimum Gasteiger partial charge on any atom is -0.357 e. The van der Waals surface area contributed by atoms with Crippen LogP contribution in [0.5, 0.6) is 0 Å². The number of hydrogen-bond acceptors (Lipinski definition) is 4. The fourth-order valence-corrected chi connectivity index (χ4v) is 2.13. The van der Waals surface area contributed by atoms with Gasteiger partial charge in [-0.2, -0.15) is 0 Å². The molecule has 2 amide bonds. The van der Waals surface area contributed by atoms with E-state index in [9.17, 15) is 19.7 Å².